The molecule has 0 aliphatic carbocycles. The van der Waals surface area contributed by atoms with Crippen LogP contribution in [0.25, 0.3) is 0 Å². The highest BCUT2D eigenvalue weighted by molar-refractivity contribution is 5.92. The van der Waals surface area contributed by atoms with Crippen molar-refractivity contribution in [1.82, 2.24) is 4.90 Å². The fraction of sp³-hybridized carbons (Fsp3) is 0.312. The van der Waals surface area contributed by atoms with E-state index in [0.29, 0.717) is 12.2 Å². The number of likely N-dealkylation sites (N-methyl/N-ethyl adjacent to an activating group) is 1. The normalized spacial score (nSPS) is 11.6. The van der Waals surface area contributed by atoms with Gasteiger partial charge >= 0.3 is 6.36 Å². The van der Waals surface area contributed by atoms with Gasteiger partial charge in [-0.1, -0.05) is 0 Å². The largest absolute Gasteiger partial charge is 0.573 e. The summed E-state index contributed by atoms with van der Waals surface area (Å²) < 4.78 is 45.4. The number of hydrogen-bond acceptors (Lipinski definition) is 4. The minimum Gasteiger partial charge on any atom is -0.465 e. The number of aryl methyl sites for hydroxylation is 1. The number of nitrogens with one attached hydrogen (secondary N) is 1. The van der Waals surface area contributed by atoms with E-state index in [0.717, 1.165) is 23.7 Å². The number of halogens is 3. The minimum atomic E-state index is -4.74. The van der Waals surface area contributed by atoms with Crippen molar-refractivity contribution in [3.05, 3.63) is 47.9 Å². The van der Waals surface area contributed by atoms with E-state index in [2.05, 4.69) is 10.1 Å². The van der Waals surface area contributed by atoms with Gasteiger partial charge in [0.05, 0.1) is 13.1 Å². The molecule has 1 heterocycles. The van der Waals surface area contributed by atoms with E-state index in [1.54, 1.807) is 11.9 Å². The summed E-state index contributed by atoms with van der Waals surface area (Å²) in [5.74, 6) is 0.913. The van der Waals surface area contributed by atoms with Crippen molar-refractivity contribution in [3.8, 4) is 5.75 Å². The molecule has 0 fully saturated rings. The van der Waals surface area contributed by atoms with Crippen LogP contribution in [0.15, 0.2) is 40.8 Å². The first-order chi connectivity index (χ1) is 11.2. The number of ether oxygens (including phenoxy) is 1. The smallest absolute Gasteiger partial charge is 0.465 e. The number of nitrogens with zero attached hydrogens (tertiary/aromatic N) is 1. The van der Waals surface area contributed by atoms with Crippen molar-refractivity contribution in [1.29, 1.82) is 0 Å². The molecule has 0 saturated heterocycles. The van der Waals surface area contributed by atoms with Crippen LogP contribution in [0.5, 0.6) is 5.75 Å². The predicted molar refractivity (Wildman–Crippen MR) is 81.5 cm³/mol. The van der Waals surface area contributed by atoms with Crippen LogP contribution in [0.3, 0.4) is 0 Å². The molecule has 0 spiro atoms. The highest BCUT2D eigenvalue weighted by Crippen LogP contribution is 2.23. The highest BCUT2D eigenvalue weighted by atomic mass is 19.4. The van der Waals surface area contributed by atoms with Crippen LogP contribution >= 0.6 is 0 Å². The molecule has 0 radical (unpaired) electrons. The second-order valence-corrected chi connectivity index (χ2v) is 5.31. The zero-order chi connectivity index (χ0) is 17.7. The zero-order valence-electron chi connectivity index (χ0n) is 13.2. The van der Waals surface area contributed by atoms with Crippen molar-refractivity contribution < 1.29 is 27.1 Å². The molecule has 0 unspecified atom stereocenters. The van der Waals surface area contributed by atoms with Crippen molar-refractivity contribution in [3.63, 3.8) is 0 Å². The molecule has 130 valence electrons. The molecule has 5 nitrogen and oxygen atoms in total. The van der Waals surface area contributed by atoms with E-state index in [9.17, 15) is 18.0 Å². The standard InChI is InChI=1S/C16H17F3N2O3/c1-11-3-6-14(23-11)9-21(2)10-15(22)20-12-4-7-13(8-5-12)24-16(17,18)19/h3-8H,9-10H2,1-2H3,(H,20,22). The maximum Gasteiger partial charge on any atom is 0.573 e. The summed E-state index contributed by atoms with van der Waals surface area (Å²) in [6, 6.07) is 8.64. The monoisotopic (exact) mass is 342 g/mol. The lowest BCUT2D eigenvalue weighted by Crippen LogP contribution is -2.29. The first kappa shape index (κ1) is 17.9. The fourth-order valence-corrected chi connectivity index (χ4v) is 2.08. The second kappa shape index (κ2) is 7.39. The fourth-order valence-electron chi connectivity index (χ4n) is 2.08. The predicted octanol–water partition coefficient (Wildman–Crippen LogP) is 3.56. The van der Waals surface area contributed by atoms with Gasteiger partial charge in [0.2, 0.25) is 5.91 Å². The van der Waals surface area contributed by atoms with Gasteiger partial charge in [0.15, 0.2) is 0 Å². The Labute approximate surface area is 137 Å². The Hall–Kier alpha value is -2.48. The number of hydrogen-bond donors (Lipinski definition) is 1. The van der Waals surface area contributed by atoms with E-state index in [1.165, 1.54) is 12.1 Å². The number of anilines is 1. The average molecular weight is 342 g/mol. The molecule has 0 bridgehead atoms. The zero-order valence-corrected chi connectivity index (χ0v) is 13.2. The summed E-state index contributed by atoms with van der Waals surface area (Å²) in [6.07, 6.45) is -4.74. The Bertz CT molecular complexity index is 681. The van der Waals surface area contributed by atoms with Crippen LogP contribution in [-0.2, 0) is 11.3 Å². The Balaban J connectivity index is 1.83. The van der Waals surface area contributed by atoms with Gasteiger partial charge in [-0.15, -0.1) is 13.2 Å². The lowest BCUT2D eigenvalue weighted by atomic mass is 10.3. The molecular weight excluding hydrogens is 325 g/mol. The van der Waals surface area contributed by atoms with Crippen molar-refractivity contribution >= 4 is 11.6 Å². The molecule has 2 aromatic rings. The minimum absolute atomic E-state index is 0.112. The summed E-state index contributed by atoms with van der Waals surface area (Å²) in [6.45, 7) is 2.42. The summed E-state index contributed by atoms with van der Waals surface area (Å²) >= 11 is 0. The van der Waals surface area contributed by atoms with Crippen molar-refractivity contribution in [2.45, 2.75) is 19.8 Å². The number of carbonyl (C=O) groups excluding carboxylic acids is 1. The average Bonchev–Trinajstić information content (AvgIpc) is 2.84. The molecule has 24 heavy (non-hydrogen) atoms. The van der Waals surface area contributed by atoms with Gasteiger partial charge in [0.25, 0.3) is 0 Å². The van der Waals surface area contributed by atoms with E-state index in [1.807, 2.05) is 19.1 Å². The van der Waals surface area contributed by atoms with Gasteiger partial charge in [-0.3, -0.25) is 9.69 Å². The first-order valence-electron chi connectivity index (χ1n) is 7.11. The van der Waals surface area contributed by atoms with Crippen LogP contribution in [0.4, 0.5) is 18.9 Å². The Kier molecular flexibility index (Phi) is 5.50. The van der Waals surface area contributed by atoms with E-state index >= 15 is 0 Å². The topological polar surface area (TPSA) is 54.7 Å². The van der Waals surface area contributed by atoms with E-state index in [-0.39, 0.29) is 18.2 Å². The summed E-state index contributed by atoms with van der Waals surface area (Å²) in [5, 5.41) is 2.61. The van der Waals surface area contributed by atoms with Gasteiger partial charge < -0.3 is 14.5 Å². The third-order valence-corrected chi connectivity index (χ3v) is 3.01. The van der Waals surface area contributed by atoms with Crippen LogP contribution in [-0.4, -0.2) is 30.8 Å². The van der Waals surface area contributed by atoms with Crippen LogP contribution in [0.1, 0.15) is 11.5 Å². The number of furan rings is 1. The molecule has 1 N–H and O–H groups in total. The molecule has 0 atom stereocenters. The van der Waals surface area contributed by atoms with Gasteiger partial charge in [0, 0.05) is 5.69 Å². The third kappa shape index (κ3) is 5.96. The van der Waals surface area contributed by atoms with Crippen LogP contribution < -0.4 is 10.1 Å². The lowest BCUT2D eigenvalue weighted by Gasteiger charge is -2.15. The number of amides is 1. The summed E-state index contributed by atoms with van der Waals surface area (Å²) in [4.78, 5) is 13.7. The van der Waals surface area contributed by atoms with Gasteiger partial charge in [-0.25, -0.2) is 0 Å². The SMILES string of the molecule is Cc1ccc(CN(C)CC(=O)Nc2ccc(OC(F)(F)F)cc2)o1. The van der Waals surface area contributed by atoms with Gasteiger partial charge in [-0.05, 0) is 50.4 Å². The number of carbonyl (C=O) groups is 1. The molecule has 0 saturated carbocycles. The summed E-state index contributed by atoms with van der Waals surface area (Å²) in [5.41, 5.74) is 0.386. The molecule has 0 aliphatic heterocycles. The lowest BCUT2D eigenvalue weighted by molar-refractivity contribution is -0.274. The first-order valence-corrected chi connectivity index (χ1v) is 7.11. The Morgan fingerprint density at radius 2 is 1.88 bits per heavy atom. The van der Waals surface area contributed by atoms with E-state index in [4.69, 9.17) is 4.42 Å². The number of rotatable bonds is 6. The van der Waals surface area contributed by atoms with E-state index < -0.39 is 6.36 Å². The molecule has 8 heteroatoms. The van der Waals surface area contributed by atoms with Crippen LogP contribution in [0.2, 0.25) is 0 Å². The van der Waals surface area contributed by atoms with Crippen molar-refractivity contribution in [2.75, 3.05) is 18.9 Å². The second-order valence-electron chi connectivity index (χ2n) is 5.31. The van der Waals surface area contributed by atoms with Crippen LogP contribution in [0, 0.1) is 6.92 Å². The molecule has 2 rings (SSSR count). The molecule has 1 aromatic heterocycles. The highest BCUT2D eigenvalue weighted by Gasteiger charge is 2.30. The summed E-state index contributed by atoms with van der Waals surface area (Å²) in [7, 11) is 1.76. The maximum absolute atomic E-state index is 12.1. The molecule has 0 aliphatic rings. The Morgan fingerprint density at radius 3 is 2.42 bits per heavy atom. The quantitative estimate of drug-likeness (QED) is 0.872. The maximum atomic E-state index is 12.1. The van der Waals surface area contributed by atoms with Crippen molar-refractivity contribution in [2.24, 2.45) is 0 Å². The molecule has 1 amide bonds. The number of alkyl halides is 3. The Morgan fingerprint density at radius 1 is 1.21 bits per heavy atom. The van der Waals surface area contributed by atoms with Gasteiger partial charge in [-0.2, -0.15) is 0 Å². The van der Waals surface area contributed by atoms with Gasteiger partial charge in [0.1, 0.15) is 17.3 Å². The number of benzene rings is 1. The third-order valence-electron chi connectivity index (χ3n) is 3.01. The molecular formula is C16H17F3N2O3. The molecule has 1 aromatic carbocycles.